The molecule has 0 bridgehead atoms. The number of rotatable bonds is 5. The number of halogens is 2. The lowest BCUT2D eigenvalue weighted by atomic mass is 10.2. The van der Waals surface area contributed by atoms with Crippen molar-refractivity contribution < 1.29 is 0 Å². The molecule has 0 fully saturated rings. The van der Waals surface area contributed by atoms with Crippen molar-refractivity contribution in [2.45, 2.75) is 26.7 Å². The number of hydrogen-bond donors (Lipinski definition) is 2. The van der Waals surface area contributed by atoms with Gasteiger partial charge in [0.1, 0.15) is 17.5 Å². The number of aryl methyl sites for hydroxylation is 1. The molecule has 0 aliphatic rings. The van der Waals surface area contributed by atoms with Crippen LogP contribution in [0.1, 0.15) is 24.7 Å². The highest BCUT2D eigenvalue weighted by atomic mass is 127. The molecule has 2 rings (SSSR count). The lowest BCUT2D eigenvalue weighted by Crippen LogP contribution is -2.07. The maximum Gasteiger partial charge on any atom is 0.139 e. The Kier molecular flexibility index (Phi) is 5.64. The van der Waals surface area contributed by atoms with E-state index in [0.717, 1.165) is 45.1 Å². The second-order valence-corrected chi connectivity index (χ2v) is 6.36. The van der Waals surface area contributed by atoms with Crippen LogP contribution in [-0.4, -0.2) is 17.0 Å². The molecule has 0 atom stereocenters. The first-order valence-corrected chi connectivity index (χ1v) is 8.28. The molecule has 0 aliphatic carbocycles. The van der Waals surface area contributed by atoms with Crippen molar-refractivity contribution in [3.05, 3.63) is 38.2 Å². The lowest BCUT2D eigenvalue weighted by molar-refractivity contribution is 0.835. The summed E-state index contributed by atoms with van der Waals surface area (Å²) < 4.78 is 1.10. The molecule has 0 saturated carbocycles. The Morgan fingerprint density at radius 1 is 1.24 bits per heavy atom. The van der Waals surface area contributed by atoms with E-state index < -0.39 is 0 Å². The monoisotopic (exact) mass is 416 g/mol. The van der Waals surface area contributed by atoms with Crippen LogP contribution in [0.3, 0.4) is 0 Å². The first-order valence-electron chi connectivity index (χ1n) is 6.82. The van der Waals surface area contributed by atoms with E-state index in [1.807, 2.05) is 32.2 Å². The van der Waals surface area contributed by atoms with Crippen molar-refractivity contribution in [1.29, 1.82) is 0 Å². The fourth-order valence-corrected chi connectivity index (χ4v) is 2.88. The number of nitrogens with zero attached hydrogens (tertiary/aromatic N) is 2. The fraction of sp³-hybridized carbons (Fsp3) is 0.333. The van der Waals surface area contributed by atoms with Gasteiger partial charge >= 0.3 is 0 Å². The van der Waals surface area contributed by atoms with Gasteiger partial charge in [0, 0.05) is 22.6 Å². The Labute approximate surface area is 143 Å². The Morgan fingerprint density at radius 2 is 1.95 bits per heavy atom. The van der Waals surface area contributed by atoms with Gasteiger partial charge in [-0.25, -0.2) is 9.97 Å². The molecule has 21 heavy (non-hydrogen) atoms. The van der Waals surface area contributed by atoms with Crippen molar-refractivity contribution in [3.8, 4) is 0 Å². The van der Waals surface area contributed by atoms with Crippen LogP contribution in [0.4, 0.5) is 17.3 Å². The summed E-state index contributed by atoms with van der Waals surface area (Å²) in [4.78, 5) is 9.13. The van der Waals surface area contributed by atoms with Gasteiger partial charge in [-0.1, -0.05) is 18.5 Å². The summed E-state index contributed by atoms with van der Waals surface area (Å²) in [5.41, 5.74) is 1.83. The number of aromatic nitrogens is 2. The zero-order valence-electron chi connectivity index (χ0n) is 12.3. The number of benzene rings is 1. The third-order valence-corrected chi connectivity index (χ3v) is 4.07. The van der Waals surface area contributed by atoms with Gasteiger partial charge in [0.25, 0.3) is 0 Å². The molecule has 0 radical (unpaired) electrons. The number of anilines is 3. The third-order valence-electron chi connectivity index (χ3n) is 3.09. The highest BCUT2D eigenvalue weighted by Gasteiger charge is 2.11. The number of hydrogen-bond acceptors (Lipinski definition) is 4. The first kappa shape index (κ1) is 16.3. The summed E-state index contributed by atoms with van der Waals surface area (Å²) in [6.07, 6.45) is 1.86. The van der Waals surface area contributed by atoms with Crippen LogP contribution in [-0.2, 0) is 6.42 Å². The zero-order valence-corrected chi connectivity index (χ0v) is 15.2. The van der Waals surface area contributed by atoms with Crippen molar-refractivity contribution in [3.63, 3.8) is 0 Å². The van der Waals surface area contributed by atoms with E-state index in [2.05, 4.69) is 50.1 Å². The second-order valence-electron chi connectivity index (χ2n) is 4.71. The summed E-state index contributed by atoms with van der Waals surface area (Å²) >= 11 is 8.52. The molecule has 1 aromatic carbocycles. The Morgan fingerprint density at radius 3 is 2.57 bits per heavy atom. The topological polar surface area (TPSA) is 49.8 Å². The summed E-state index contributed by atoms with van der Waals surface area (Å²) in [6.45, 7) is 4.11. The minimum atomic E-state index is 0.683. The molecular weight excluding hydrogens is 399 g/mol. The maximum atomic E-state index is 6.28. The van der Waals surface area contributed by atoms with Crippen LogP contribution in [0, 0.1) is 10.5 Å². The van der Waals surface area contributed by atoms with Gasteiger partial charge < -0.3 is 10.6 Å². The molecule has 4 nitrogen and oxygen atoms in total. The minimum Gasteiger partial charge on any atom is -0.373 e. The van der Waals surface area contributed by atoms with E-state index in [1.54, 1.807) is 0 Å². The highest BCUT2D eigenvalue weighted by molar-refractivity contribution is 14.1. The number of nitrogens with one attached hydrogen (secondary N) is 2. The second kappa shape index (κ2) is 7.26. The van der Waals surface area contributed by atoms with Gasteiger partial charge in [0.05, 0.1) is 10.7 Å². The van der Waals surface area contributed by atoms with Crippen LogP contribution in [0.25, 0.3) is 0 Å². The zero-order chi connectivity index (χ0) is 15.4. The van der Waals surface area contributed by atoms with Crippen LogP contribution in [0.2, 0.25) is 5.02 Å². The van der Waals surface area contributed by atoms with E-state index in [4.69, 9.17) is 11.6 Å². The van der Waals surface area contributed by atoms with Crippen LogP contribution < -0.4 is 10.6 Å². The summed E-state index contributed by atoms with van der Waals surface area (Å²) in [6, 6.07) is 5.90. The molecule has 1 heterocycles. The average Bonchev–Trinajstić information content (AvgIpc) is 2.45. The molecule has 2 N–H and O–H groups in total. The van der Waals surface area contributed by atoms with Crippen molar-refractivity contribution in [2.24, 2.45) is 0 Å². The molecule has 1 aromatic heterocycles. The third kappa shape index (κ3) is 3.97. The van der Waals surface area contributed by atoms with Gasteiger partial charge in [0.15, 0.2) is 0 Å². The Hall–Kier alpha value is -1.08. The quantitative estimate of drug-likeness (QED) is 0.689. The summed E-state index contributed by atoms with van der Waals surface area (Å²) in [7, 11) is 1.87. The van der Waals surface area contributed by atoms with Crippen LogP contribution in [0.15, 0.2) is 18.2 Å². The smallest absolute Gasteiger partial charge is 0.139 e. The molecule has 6 heteroatoms. The predicted octanol–water partition coefficient (Wildman–Crippen LogP) is 4.78. The molecule has 0 spiro atoms. The average molecular weight is 417 g/mol. The predicted molar refractivity (Wildman–Crippen MR) is 97.8 cm³/mol. The molecule has 112 valence electrons. The molecule has 2 aromatic rings. The fourth-order valence-electron chi connectivity index (χ4n) is 1.98. The van der Waals surface area contributed by atoms with Crippen molar-refractivity contribution in [2.75, 3.05) is 17.7 Å². The first-order chi connectivity index (χ1) is 10.0. The van der Waals surface area contributed by atoms with E-state index in [1.165, 1.54) is 0 Å². The van der Waals surface area contributed by atoms with Gasteiger partial charge in [0.2, 0.25) is 0 Å². The summed E-state index contributed by atoms with van der Waals surface area (Å²) in [5.74, 6) is 2.47. The summed E-state index contributed by atoms with van der Waals surface area (Å²) in [5, 5.41) is 7.12. The van der Waals surface area contributed by atoms with Crippen LogP contribution in [0.5, 0.6) is 0 Å². The van der Waals surface area contributed by atoms with Gasteiger partial charge in [-0.15, -0.1) is 0 Å². The Balaban J connectivity index is 2.40. The standard InChI is InChI=1S/C15H18ClIN4/c1-4-5-13-20-14(18-3)9(2)15(21-13)19-12-7-6-10(17)8-11(12)16/h6-8H,4-5H2,1-3H3,(H2,18,19,20,21). The van der Waals surface area contributed by atoms with E-state index in [-0.39, 0.29) is 0 Å². The van der Waals surface area contributed by atoms with E-state index in [0.29, 0.717) is 5.02 Å². The van der Waals surface area contributed by atoms with Crippen molar-refractivity contribution >= 4 is 51.5 Å². The highest BCUT2D eigenvalue weighted by Crippen LogP contribution is 2.29. The van der Waals surface area contributed by atoms with Gasteiger partial charge in [-0.05, 0) is 54.1 Å². The maximum absolute atomic E-state index is 6.28. The molecule has 0 saturated heterocycles. The van der Waals surface area contributed by atoms with E-state index >= 15 is 0 Å². The largest absolute Gasteiger partial charge is 0.373 e. The molecule has 0 amide bonds. The van der Waals surface area contributed by atoms with E-state index in [9.17, 15) is 0 Å². The Bertz CT molecular complexity index is 646. The lowest BCUT2D eigenvalue weighted by Gasteiger charge is -2.14. The molecule has 0 unspecified atom stereocenters. The molecule has 0 aliphatic heterocycles. The minimum absolute atomic E-state index is 0.683. The van der Waals surface area contributed by atoms with Crippen molar-refractivity contribution in [1.82, 2.24) is 9.97 Å². The van der Waals surface area contributed by atoms with Crippen LogP contribution >= 0.6 is 34.2 Å². The van der Waals surface area contributed by atoms with Gasteiger partial charge in [-0.3, -0.25) is 0 Å². The van der Waals surface area contributed by atoms with Gasteiger partial charge in [-0.2, -0.15) is 0 Å². The SMILES string of the molecule is CCCc1nc(NC)c(C)c(Nc2ccc(I)cc2Cl)n1. The normalized spacial score (nSPS) is 10.5. The molecular formula is C15H18ClIN4.